The monoisotopic (exact) mass is 415 g/mol. The van der Waals surface area contributed by atoms with Crippen LogP contribution in [0.1, 0.15) is 25.5 Å². The molecule has 1 unspecified atom stereocenters. The van der Waals surface area contributed by atoms with E-state index in [4.69, 9.17) is 9.15 Å². The van der Waals surface area contributed by atoms with Crippen molar-refractivity contribution in [3.8, 4) is 5.75 Å². The standard InChI is InChI=1S/C22H29N3O5/c1-16(26)24-18-4-6-20(7-5-18)30-15-19(27)14-25-10-8-17(9-11-25)22(28)23-13-21-3-2-12-29-21/h2-7,12,17,19,27H,8-11,13-15H2,1H3,(H,23,28)(H,24,26). The summed E-state index contributed by atoms with van der Waals surface area (Å²) in [5.74, 6) is 1.30. The summed E-state index contributed by atoms with van der Waals surface area (Å²) in [5.41, 5.74) is 0.700. The first-order chi connectivity index (χ1) is 14.5. The predicted octanol–water partition coefficient (Wildman–Crippen LogP) is 2.01. The molecule has 0 radical (unpaired) electrons. The van der Waals surface area contributed by atoms with Gasteiger partial charge in [0.25, 0.3) is 0 Å². The second-order valence-corrected chi connectivity index (χ2v) is 7.54. The Morgan fingerprint density at radius 3 is 2.60 bits per heavy atom. The molecule has 8 nitrogen and oxygen atoms in total. The minimum atomic E-state index is -0.621. The number of aliphatic hydroxyl groups excluding tert-OH is 1. The van der Waals surface area contributed by atoms with Crippen LogP contribution in [0.15, 0.2) is 47.1 Å². The van der Waals surface area contributed by atoms with Crippen molar-refractivity contribution in [3.63, 3.8) is 0 Å². The van der Waals surface area contributed by atoms with Crippen molar-refractivity contribution in [2.45, 2.75) is 32.4 Å². The van der Waals surface area contributed by atoms with Crippen LogP contribution in [0, 0.1) is 5.92 Å². The van der Waals surface area contributed by atoms with Crippen LogP contribution in [0.2, 0.25) is 0 Å². The van der Waals surface area contributed by atoms with E-state index in [9.17, 15) is 14.7 Å². The molecule has 2 aromatic rings. The molecule has 0 aliphatic carbocycles. The van der Waals surface area contributed by atoms with E-state index in [2.05, 4.69) is 15.5 Å². The summed E-state index contributed by atoms with van der Waals surface area (Å²) in [5, 5.41) is 15.9. The third kappa shape index (κ3) is 6.89. The first-order valence-corrected chi connectivity index (χ1v) is 10.2. The van der Waals surface area contributed by atoms with Gasteiger partial charge in [0.05, 0.1) is 12.8 Å². The molecule has 2 heterocycles. The fourth-order valence-corrected chi connectivity index (χ4v) is 3.49. The SMILES string of the molecule is CC(=O)Nc1ccc(OCC(O)CN2CCC(C(=O)NCc3ccco3)CC2)cc1. The zero-order valence-electron chi connectivity index (χ0n) is 17.2. The van der Waals surface area contributed by atoms with E-state index in [0.717, 1.165) is 31.7 Å². The van der Waals surface area contributed by atoms with E-state index in [1.165, 1.54) is 6.92 Å². The van der Waals surface area contributed by atoms with E-state index < -0.39 is 6.10 Å². The van der Waals surface area contributed by atoms with Crippen LogP contribution in [0.3, 0.4) is 0 Å². The third-order valence-corrected chi connectivity index (χ3v) is 5.06. The molecule has 3 N–H and O–H groups in total. The number of carbonyl (C=O) groups excluding carboxylic acids is 2. The molecule has 8 heteroatoms. The Kier molecular flexibility index (Phi) is 7.87. The summed E-state index contributed by atoms with van der Waals surface area (Å²) in [6, 6.07) is 10.7. The number of amides is 2. The van der Waals surface area contributed by atoms with E-state index in [-0.39, 0.29) is 24.3 Å². The molecule has 1 aromatic carbocycles. The fourth-order valence-electron chi connectivity index (χ4n) is 3.49. The number of hydrogen-bond donors (Lipinski definition) is 3. The van der Waals surface area contributed by atoms with Gasteiger partial charge in [-0.1, -0.05) is 0 Å². The number of carbonyl (C=O) groups is 2. The number of likely N-dealkylation sites (tertiary alicyclic amines) is 1. The van der Waals surface area contributed by atoms with Crippen molar-refractivity contribution in [1.82, 2.24) is 10.2 Å². The number of furan rings is 1. The minimum absolute atomic E-state index is 0.00766. The topological polar surface area (TPSA) is 104 Å². The largest absolute Gasteiger partial charge is 0.491 e. The molecular weight excluding hydrogens is 386 g/mol. The first kappa shape index (κ1) is 21.9. The number of piperidine rings is 1. The van der Waals surface area contributed by atoms with Crippen LogP contribution < -0.4 is 15.4 Å². The Labute approximate surface area is 176 Å². The van der Waals surface area contributed by atoms with Crippen LogP contribution in [-0.2, 0) is 16.1 Å². The van der Waals surface area contributed by atoms with Gasteiger partial charge in [0, 0.05) is 25.1 Å². The highest BCUT2D eigenvalue weighted by Crippen LogP contribution is 2.19. The van der Waals surface area contributed by atoms with E-state index >= 15 is 0 Å². The molecule has 1 atom stereocenters. The lowest BCUT2D eigenvalue weighted by molar-refractivity contribution is -0.126. The minimum Gasteiger partial charge on any atom is -0.491 e. The number of hydrogen-bond acceptors (Lipinski definition) is 6. The third-order valence-electron chi connectivity index (χ3n) is 5.06. The fraction of sp³-hybridized carbons (Fsp3) is 0.455. The molecule has 30 heavy (non-hydrogen) atoms. The molecule has 3 rings (SSSR count). The van der Waals surface area contributed by atoms with Crippen molar-refractivity contribution in [2.24, 2.45) is 5.92 Å². The van der Waals surface area contributed by atoms with E-state index in [1.54, 1.807) is 36.6 Å². The molecule has 2 amide bonds. The van der Waals surface area contributed by atoms with Crippen LogP contribution in [-0.4, -0.2) is 54.2 Å². The van der Waals surface area contributed by atoms with Gasteiger partial charge in [0.1, 0.15) is 24.2 Å². The van der Waals surface area contributed by atoms with Gasteiger partial charge in [0.2, 0.25) is 11.8 Å². The lowest BCUT2D eigenvalue weighted by Crippen LogP contribution is -2.44. The van der Waals surface area contributed by atoms with E-state index in [1.807, 2.05) is 6.07 Å². The Bertz CT molecular complexity index is 799. The summed E-state index contributed by atoms with van der Waals surface area (Å²) < 4.78 is 10.9. The summed E-state index contributed by atoms with van der Waals surface area (Å²) in [7, 11) is 0. The normalized spacial score (nSPS) is 16.1. The second kappa shape index (κ2) is 10.8. The van der Waals surface area contributed by atoms with Gasteiger partial charge >= 0.3 is 0 Å². The van der Waals surface area contributed by atoms with Gasteiger partial charge in [-0.25, -0.2) is 0 Å². The molecule has 0 bridgehead atoms. The van der Waals surface area contributed by atoms with Gasteiger partial charge < -0.3 is 29.8 Å². The summed E-state index contributed by atoms with van der Waals surface area (Å²) in [6.45, 7) is 4.08. The van der Waals surface area contributed by atoms with Crippen molar-refractivity contribution in [1.29, 1.82) is 0 Å². The number of aliphatic hydroxyl groups is 1. The highest BCUT2D eigenvalue weighted by molar-refractivity contribution is 5.88. The molecule has 1 aromatic heterocycles. The maximum atomic E-state index is 12.3. The van der Waals surface area contributed by atoms with Crippen LogP contribution in [0.4, 0.5) is 5.69 Å². The number of nitrogens with zero attached hydrogens (tertiary/aromatic N) is 1. The second-order valence-electron chi connectivity index (χ2n) is 7.54. The van der Waals surface area contributed by atoms with Gasteiger partial charge in [-0.15, -0.1) is 0 Å². The van der Waals surface area contributed by atoms with Gasteiger partial charge in [0.15, 0.2) is 0 Å². The average Bonchev–Trinajstić information content (AvgIpc) is 3.25. The molecule has 1 fully saturated rings. The first-order valence-electron chi connectivity index (χ1n) is 10.2. The molecule has 0 spiro atoms. The number of anilines is 1. The molecule has 1 saturated heterocycles. The number of benzene rings is 1. The molecular formula is C22H29N3O5. The van der Waals surface area contributed by atoms with Crippen molar-refractivity contribution >= 4 is 17.5 Å². The highest BCUT2D eigenvalue weighted by Gasteiger charge is 2.26. The molecule has 162 valence electrons. The summed E-state index contributed by atoms with van der Waals surface area (Å²) in [6.07, 6.45) is 2.50. The van der Waals surface area contributed by atoms with Crippen molar-refractivity contribution in [2.75, 3.05) is 31.6 Å². The van der Waals surface area contributed by atoms with Gasteiger partial charge in [-0.2, -0.15) is 0 Å². The Morgan fingerprint density at radius 1 is 1.23 bits per heavy atom. The lowest BCUT2D eigenvalue weighted by Gasteiger charge is -2.32. The van der Waals surface area contributed by atoms with Gasteiger partial charge in [-0.3, -0.25) is 9.59 Å². The molecule has 1 aliphatic rings. The quantitative estimate of drug-likeness (QED) is 0.579. The van der Waals surface area contributed by atoms with Crippen molar-refractivity contribution in [3.05, 3.63) is 48.4 Å². The Balaban J connectivity index is 1.33. The van der Waals surface area contributed by atoms with Crippen molar-refractivity contribution < 1.29 is 23.8 Å². The van der Waals surface area contributed by atoms with Crippen LogP contribution >= 0.6 is 0 Å². The zero-order chi connectivity index (χ0) is 21.3. The predicted molar refractivity (Wildman–Crippen MR) is 112 cm³/mol. The van der Waals surface area contributed by atoms with Gasteiger partial charge in [-0.05, 0) is 62.3 Å². The number of β-amino-alcohol motifs (C(OH)–C–C–N with tert-alkyl or cyclic N) is 1. The van der Waals surface area contributed by atoms with Crippen LogP contribution in [0.5, 0.6) is 5.75 Å². The Morgan fingerprint density at radius 2 is 1.97 bits per heavy atom. The number of nitrogens with one attached hydrogen (secondary N) is 2. The average molecular weight is 415 g/mol. The van der Waals surface area contributed by atoms with E-state index in [0.29, 0.717) is 24.5 Å². The molecule has 1 aliphatic heterocycles. The summed E-state index contributed by atoms with van der Waals surface area (Å²) in [4.78, 5) is 25.5. The highest BCUT2D eigenvalue weighted by atomic mass is 16.5. The summed E-state index contributed by atoms with van der Waals surface area (Å²) >= 11 is 0. The molecule has 0 saturated carbocycles. The van der Waals surface area contributed by atoms with Crippen LogP contribution in [0.25, 0.3) is 0 Å². The maximum absolute atomic E-state index is 12.3. The zero-order valence-corrected chi connectivity index (χ0v) is 17.2. The number of ether oxygens (including phenoxy) is 1. The smallest absolute Gasteiger partial charge is 0.223 e. The maximum Gasteiger partial charge on any atom is 0.223 e. The lowest BCUT2D eigenvalue weighted by atomic mass is 9.95. The number of rotatable bonds is 9. The Hall–Kier alpha value is -2.84.